The van der Waals surface area contributed by atoms with Gasteiger partial charge in [0.05, 0.1) is 5.69 Å². The molecule has 0 aromatic carbocycles. The molecule has 108 valence electrons. The maximum absolute atomic E-state index is 5.69. The van der Waals surface area contributed by atoms with Gasteiger partial charge in [-0.3, -0.25) is 0 Å². The molecule has 0 aliphatic heterocycles. The molecule has 0 atom stereocenters. The van der Waals surface area contributed by atoms with E-state index in [4.69, 9.17) is 10.7 Å². The molecule has 0 spiro atoms. The van der Waals surface area contributed by atoms with Crippen LogP contribution in [0.5, 0.6) is 0 Å². The van der Waals surface area contributed by atoms with E-state index in [1.807, 2.05) is 0 Å². The van der Waals surface area contributed by atoms with E-state index in [-0.39, 0.29) is 0 Å². The second kappa shape index (κ2) is 4.52. The van der Waals surface area contributed by atoms with Crippen LogP contribution in [-0.2, 0) is 11.8 Å². The number of rotatable bonds is 3. The molecule has 4 saturated carbocycles. The van der Waals surface area contributed by atoms with Crippen LogP contribution in [-0.4, -0.2) is 16.5 Å². The number of aryl methyl sites for hydroxylation is 1. The first-order chi connectivity index (χ1) is 9.67. The van der Waals surface area contributed by atoms with Crippen molar-refractivity contribution >= 4 is 0 Å². The summed E-state index contributed by atoms with van der Waals surface area (Å²) in [6.07, 6.45) is 9.38. The summed E-state index contributed by atoms with van der Waals surface area (Å²) < 4.78 is 0. The molecule has 0 saturated heterocycles. The van der Waals surface area contributed by atoms with Crippen LogP contribution in [0.15, 0.2) is 6.07 Å². The highest BCUT2D eigenvalue weighted by Crippen LogP contribution is 2.60. The smallest absolute Gasteiger partial charge is 0.130 e. The van der Waals surface area contributed by atoms with Gasteiger partial charge in [0.2, 0.25) is 0 Å². The predicted molar refractivity (Wildman–Crippen MR) is 79.4 cm³/mol. The fourth-order valence-electron chi connectivity index (χ4n) is 5.57. The summed E-state index contributed by atoms with van der Waals surface area (Å²) in [5, 5.41) is 0. The highest BCUT2D eigenvalue weighted by Gasteiger charge is 2.52. The number of nitrogens with zero attached hydrogens (tertiary/aromatic N) is 2. The molecule has 4 aliphatic carbocycles. The van der Waals surface area contributed by atoms with Crippen molar-refractivity contribution in [3.05, 3.63) is 23.3 Å². The fraction of sp³-hybridized carbons (Fsp3) is 0.765. The lowest BCUT2D eigenvalue weighted by Gasteiger charge is -2.56. The van der Waals surface area contributed by atoms with E-state index in [0.717, 1.165) is 35.7 Å². The van der Waals surface area contributed by atoms with E-state index < -0.39 is 0 Å². The van der Waals surface area contributed by atoms with Crippen LogP contribution in [0.3, 0.4) is 0 Å². The van der Waals surface area contributed by atoms with Crippen LogP contribution >= 0.6 is 0 Å². The predicted octanol–water partition coefficient (Wildman–Crippen LogP) is 2.75. The Hall–Kier alpha value is -0.960. The molecule has 2 N–H and O–H groups in total. The highest BCUT2D eigenvalue weighted by atomic mass is 14.9. The average Bonchev–Trinajstić information content (AvgIpc) is 2.36. The number of hydrogen-bond acceptors (Lipinski definition) is 3. The molecule has 0 radical (unpaired) electrons. The number of hydrogen-bond donors (Lipinski definition) is 1. The first-order valence-corrected chi connectivity index (χ1v) is 8.22. The molecule has 4 fully saturated rings. The monoisotopic (exact) mass is 271 g/mol. The molecule has 1 aromatic heterocycles. The summed E-state index contributed by atoms with van der Waals surface area (Å²) in [6.45, 7) is 2.75. The topological polar surface area (TPSA) is 51.8 Å². The average molecular weight is 271 g/mol. The first kappa shape index (κ1) is 12.8. The van der Waals surface area contributed by atoms with Crippen molar-refractivity contribution in [2.24, 2.45) is 23.5 Å². The fourth-order valence-corrected chi connectivity index (χ4v) is 5.57. The van der Waals surface area contributed by atoms with Gasteiger partial charge in [-0.1, -0.05) is 0 Å². The van der Waals surface area contributed by atoms with E-state index in [1.54, 1.807) is 0 Å². The van der Waals surface area contributed by atoms with Crippen molar-refractivity contribution in [1.82, 2.24) is 9.97 Å². The van der Waals surface area contributed by atoms with Gasteiger partial charge in [-0.05, 0) is 75.8 Å². The minimum atomic E-state index is 0.381. The van der Waals surface area contributed by atoms with E-state index in [9.17, 15) is 0 Å². The Labute approximate surface area is 121 Å². The maximum Gasteiger partial charge on any atom is 0.130 e. The van der Waals surface area contributed by atoms with Gasteiger partial charge in [-0.15, -0.1) is 0 Å². The standard InChI is InChI=1S/C17H25N3/c1-11-4-15(20-16(19-11)2-3-18)17-8-12-5-13(9-17)7-14(6-12)10-17/h4,12-14H,2-3,5-10,18H2,1H3. The zero-order valence-electron chi connectivity index (χ0n) is 12.4. The van der Waals surface area contributed by atoms with Gasteiger partial charge < -0.3 is 5.73 Å². The Morgan fingerprint density at radius 3 is 2.25 bits per heavy atom. The summed E-state index contributed by atoms with van der Waals surface area (Å²) in [5.74, 6) is 3.86. The van der Waals surface area contributed by atoms with Gasteiger partial charge >= 0.3 is 0 Å². The summed E-state index contributed by atoms with van der Waals surface area (Å²) in [5.41, 5.74) is 8.53. The van der Waals surface area contributed by atoms with Gasteiger partial charge in [0.15, 0.2) is 0 Å². The zero-order valence-corrected chi connectivity index (χ0v) is 12.4. The molecule has 4 bridgehead atoms. The number of aromatic nitrogens is 2. The van der Waals surface area contributed by atoms with Gasteiger partial charge in [0.1, 0.15) is 5.82 Å². The molecule has 0 unspecified atom stereocenters. The van der Waals surface area contributed by atoms with Gasteiger partial charge in [-0.2, -0.15) is 0 Å². The van der Waals surface area contributed by atoms with E-state index in [1.165, 1.54) is 44.2 Å². The molecule has 5 rings (SSSR count). The Kier molecular flexibility index (Phi) is 2.88. The molecule has 20 heavy (non-hydrogen) atoms. The molecule has 4 aliphatic rings. The largest absolute Gasteiger partial charge is 0.330 e. The maximum atomic E-state index is 5.69. The molecular weight excluding hydrogens is 246 g/mol. The summed E-state index contributed by atoms with van der Waals surface area (Å²) in [4.78, 5) is 9.48. The van der Waals surface area contributed by atoms with Gasteiger partial charge in [-0.25, -0.2) is 9.97 Å². The quantitative estimate of drug-likeness (QED) is 0.919. The van der Waals surface area contributed by atoms with Crippen LogP contribution in [0.2, 0.25) is 0 Å². The Balaban J connectivity index is 1.73. The molecule has 0 amide bonds. The zero-order chi connectivity index (χ0) is 13.7. The van der Waals surface area contributed by atoms with Crippen molar-refractivity contribution < 1.29 is 0 Å². The SMILES string of the molecule is Cc1cc(C23CC4CC(CC(C4)C2)C3)nc(CCN)n1. The molecule has 3 heteroatoms. The lowest BCUT2D eigenvalue weighted by molar-refractivity contribution is -0.00739. The van der Waals surface area contributed by atoms with E-state index >= 15 is 0 Å². The lowest BCUT2D eigenvalue weighted by atomic mass is 9.49. The van der Waals surface area contributed by atoms with Crippen molar-refractivity contribution in [2.75, 3.05) is 6.54 Å². The third-order valence-corrected chi connectivity index (χ3v) is 5.85. The molecular formula is C17H25N3. The molecule has 1 aromatic rings. The van der Waals surface area contributed by atoms with Crippen LogP contribution in [0.4, 0.5) is 0 Å². The van der Waals surface area contributed by atoms with Crippen molar-refractivity contribution in [2.45, 2.75) is 57.3 Å². The first-order valence-electron chi connectivity index (χ1n) is 8.22. The van der Waals surface area contributed by atoms with Crippen LogP contribution in [0.25, 0.3) is 0 Å². The summed E-state index contributed by atoms with van der Waals surface area (Å²) >= 11 is 0. The third-order valence-electron chi connectivity index (χ3n) is 5.85. The Bertz CT molecular complexity index is 488. The van der Waals surface area contributed by atoms with Crippen molar-refractivity contribution in [3.63, 3.8) is 0 Å². The molecule has 3 nitrogen and oxygen atoms in total. The van der Waals surface area contributed by atoms with Crippen LogP contribution in [0, 0.1) is 24.7 Å². The molecule has 1 heterocycles. The second-order valence-corrected chi connectivity index (χ2v) is 7.55. The number of nitrogens with two attached hydrogens (primary N) is 1. The summed E-state index contributed by atoms with van der Waals surface area (Å²) in [7, 11) is 0. The summed E-state index contributed by atoms with van der Waals surface area (Å²) in [6, 6.07) is 2.26. The highest BCUT2D eigenvalue weighted by molar-refractivity contribution is 5.25. The Morgan fingerprint density at radius 2 is 1.70 bits per heavy atom. The van der Waals surface area contributed by atoms with Crippen molar-refractivity contribution in [3.8, 4) is 0 Å². The van der Waals surface area contributed by atoms with E-state index in [2.05, 4.69) is 18.0 Å². The van der Waals surface area contributed by atoms with Crippen LogP contribution < -0.4 is 5.73 Å². The van der Waals surface area contributed by atoms with Gasteiger partial charge in [0.25, 0.3) is 0 Å². The third kappa shape index (κ3) is 1.98. The van der Waals surface area contributed by atoms with Crippen molar-refractivity contribution in [1.29, 1.82) is 0 Å². The minimum absolute atomic E-state index is 0.381. The van der Waals surface area contributed by atoms with E-state index in [0.29, 0.717) is 12.0 Å². The van der Waals surface area contributed by atoms with Crippen LogP contribution in [0.1, 0.15) is 55.7 Å². The normalized spacial score (nSPS) is 38.4. The Morgan fingerprint density at radius 1 is 1.10 bits per heavy atom. The lowest BCUT2D eigenvalue weighted by Crippen LogP contribution is -2.49. The minimum Gasteiger partial charge on any atom is -0.330 e. The second-order valence-electron chi connectivity index (χ2n) is 7.55. The van der Waals surface area contributed by atoms with Gasteiger partial charge in [0, 0.05) is 17.5 Å².